The number of aliphatic imine (C=N–C) groups is 1. The van der Waals surface area contributed by atoms with Crippen LogP contribution in [0.3, 0.4) is 0 Å². The molecule has 5 nitrogen and oxygen atoms in total. The molecule has 2 aromatic carbocycles. The predicted molar refractivity (Wildman–Crippen MR) is 129 cm³/mol. The molecule has 2 heterocycles. The van der Waals surface area contributed by atoms with E-state index < -0.39 is 0 Å². The largest absolute Gasteiger partial charge is 0.497 e. The number of aromatic nitrogens is 1. The Morgan fingerprint density at radius 2 is 1.94 bits per heavy atom. The molecule has 158 valence electrons. The lowest BCUT2D eigenvalue weighted by Crippen LogP contribution is -2.28. The molecule has 0 saturated carbocycles. The second kappa shape index (κ2) is 9.04. The average molecular weight is 452 g/mol. The second-order valence-corrected chi connectivity index (χ2v) is 8.41. The van der Waals surface area contributed by atoms with Gasteiger partial charge in [0.2, 0.25) is 0 Å². The Balaban J connectivity index is 1.66. The highest BCUT2D eigenvalue weighted by atomic mass is 35.5. The minimum absolute atomic E-state index is 0.0468. The molecule has 31 heavy (non-hydrogen) atoms. The van der Waals surface area contributed by atoms with Crippen LogP contribution < -0.4 is 4.74 Å². The third kappa shape index (κ3) is 4.40. The van der Waals surface area contributed by atoms with Crippen LogP contribution in [0.15, 0.2) is 70.7 Å². The van der Waals surface area contributed by atoms with Crippen molar-refractivity contribution >= 4 is 46.2 Å². The van der Waals surface area contributed by atoms with E-state index in [1.807, 2.05) is 85.3 Å². The van der Waals surface area contributed by atoms with Crippen molar-refractivity contribution in [1.29, 1.82) is 0 Å². The Morgan fingerprint density at radius 1 is 1.16 bits per heavy atom. The van der Waals surface area contributed by atoms with Gasteiger partial charge < -0.3 is 9.30 Å². The summed E-state index contributed by atoms with van der Waals surface area (Å²) in [6.45, 7) is 4.47. The Hall–Kier alpha value is -2.96. The van der Waals surface area contributed by atoms with E-state index >= 15 is 0 Å². The summed E-state index contributed by atoms with van der Waals surface area (Å²) in [5, 5.41) is 1.38. The van der Waals surface area contributed by atoms with Crippen LogP contribution in [0.5, 0.6) is 5.75 Å². The first kappa shape index (κ1) is 21.3. The highest BCUT2D eigenvalue weighted by Crippen LogP contribution is 2.34. The first-order valence-corrected chi connectivity index (χ1v) is 11.1. The van der Waals surface area contributed by atoms with E-state index in [-0.39, 0.29) is 5.91 Å². The second-order valence-electron chi connectivity index (χ2n) is 6.99. The van der Waals surface area contributed by atoms with E-state index in [0.29, 0.717) is 21.6 Å². The highest BCUT2D eigenvalue weighted by Gasteiger charge is 2.32. The maximum absolute atomic E-state index is 13.0. The minimum atomic E-state index is -0.0468. The van der Waals surface area contributed by atoms with Crippen LogP contribution in [0.4, 0.5) is 5.69 Å². The molecule has 0 spiro atoms. The maximum atomic E-state index is 13.0. The Morgan fingerprint density at radius 3 is 2.61 bits per heavy atom. The van der Waals surface area contributed by atoms with E-state index in [4.69, 9.17) is 16.3 Å². The van der Waals surface area contributed by atoms with Gasteiger partial charge in [0.05, 0.1) is 17.7 Å². The van der Waals surface area contributed by atoms with Crippen LogP contribution in [0.2, 0.25) is 5.02 Å². The van der Waals surface area contributed by atoms with Crippen molar-refractivity contribution in [3.63, 3.8) is 0 Å². The third-order valence-corrected chi connectivity index (χ3v) is 6.41. The molecule has 7 heteroatoms. The smallest absolute Gasteiger partial charge is 0.266 e. The molecule has 1 amide bonds. The summed E-state index contributed by atoms with van der Waals surface area (Å²) >= 11 is 7.69. The monoisotopic (exact) mass is 451 g/mol. The average Bonchev–Trinajstić information content (AvgIpc) is 3.35. The zero-order valence-electron chi connectivity index (χ0n) is 17.5. The van der Waals surface area contributed by atoms with Gasteiger partial charge >= 0.3 is 0 Å². The predicted octanol–water partition coefficient (Wildman–Crippen LogP) is 6.07. The van der Waals surface area contributed by atoms with E-state index in [9.17, 15) is 4.79 Å². The lowest BCUT2D eigenvalue weighted by atomic mass is 10.2. The number of amidine groups is 1. The molecule has 0 bridgehead atoms. The van der Waals surface area contributed by atoms with Crippen LogP contribution in [-0.4, -0.2) is 34.2 Å². The number of methoxy groups -OCH3 is 1. The van der Waals surface area contributed by atoms with Gasteiger partial charge in [0, 0.05) is 29.1 Å². The summed E-state index contributed by atoms with van der Waals surface area (Å²) in [6, 6.07) is 17.3. The van der Waals surface area contributed by atoms with E-state index in [0.717, 1.165) is 28.4 Å². The molecule has 4 rings (SSSR count). The third-order valence-electron chi connectivity index (χ3n) is 4.99. The topological polar surface area (TPSA) is 46.8 Å². The SMILES string of the molecule is CCN1C(=O)/C(=C/c2cccn2-c2ccc(C)c(Cl)c2)SC1=Nc1ccc(OC)cc1. The number of nitrogens with zero attached hydrogens (tertiary/aromatic N) is 3. The number of benzene rings is 2. The summed E-state index contributed by atoms with van der Waals surface area (Å²) in [5.41, 5.74) is 3.64. The number of thioether (sulfide) groups is 1. The first-order valence-electron chi connectivity index (χ1n) is 9.88. The number of hydrogen-bond donors (Lipinski definition) is 0. The number of hydrogen-bond acceptors (Lipinski definition) is 4. The van der Waals surface area contributed by atoms with Gasteiger partial charge in [-0.05, 0) is 85.8 Å². The van der Waals surface area contributed by atoms with Gasteiger partial charge in [-0.2, -0.15) is 0 Å². The number of halogens is 1. The molecule has 0 N–H and O–H groups in total. The van der Waals surface area contributed by atoms with Gasteiger partial charge in [0.25, 0.3) is 5.91 Å². The quantitative estimate of drug-likeness (QED) is 0.442. The Labute approximate surface area is 191 Å². The number of carbonyl (C=O) groups is 1. The summed E-state index contributed by atoms with van der Waals surface area (Å²) in [5.74, 6) is 0.721. The number of likely N-dealkylation sites (N-methyl/N-ethyl adjacent to an activating group) is 1. The van der Waals surface area contributed by atoms with Crippen molar-refractivity contribution in [2.45, 2.75) is 13.8 Å². The fourth-order valence-electron chi connectivity index (χ4n) is 3.25. The van der Waals surface area contributed by atoms with Crippen LogP contribution >= 0.6 is 23.4 Å². The van der Waals surface area contributed by atoms with Crippen LogP contribution in [-0.2, 0) is 4.79 Å². The zero-order valence-corrected chi connectivity index (χ0v) is 19.1. The van der Waals surface area contributed by atoms with Gasteiger partial charge in [0.1, 0.15) is 5.75 Å². The van der Waals surface area contributed by atoms with Gasteiger partial charge in [0.15, 0.2) is 5.17 Å². The zero-order chi connectivity index (χ0) is 22.0. The van der Waals surface area contributed by atoms with E-state index in [1.54, 1.807) is 12.0 Å². The molecule has 0 aliphatic carbocycles. The summed E-state index contributed by atoms with van der Waals surface area (Å²) < 4.78 is 7.21. The number of carbonyl (C=O) groups excluding carboxylic acids is 1. The van der Waals surface area contributed by atoms with E-state index in [2.05, 4.69) is 4.99 Å². The minimum Gasteiger partial charge on any atom is -0.497 e. The highest BCUT2D eigenvalue weighted by molar-refractivity contribution is 8.18. The normalized spacial score (nSPS) is 16.5. The van der Waals surface area contributed by atoms with E-state index in [1.165, 1.54) is 11.8 Å². The maximum Gasteiger partial charge on any atom is 0.266 e. The Kier molecular flexibility index (Phi) is 6.20. The van der Waals surface area contributed by atoms with Crippen LogP contribution in [0.1, 0.15) is 18.2 Å². The van der Waals surface area contributed by atoms with Crippen molar-refractivity contribution in [3.8, 4) is 11.4 Å². The van der Waals surface area contributed by atoms with Gasteiger partial charge in [-0.1, -0.05) is 17.7 Å². The molecule has 1 aliphatic heterocycles. The van der Waals surface area contributed by atoms with Crippen molar-refractivity contribution in [2.24, 2.45) is 4.99 Å². The van der Waals surface area contributed by atoms with Crippen LogP contribution in [0, 0.1) is 6.92 Å². The fraction of sp³-hybridized carbons (Fsp3) is 0.167. The lowest BCUT2D eigenvalue weighted by molar-refractivity contribution is -0.122. The summed E-state index contributed by atoms with van der Waals surface area (Å²) in [6.07, 6.45) is 3.86. The van der Waals surface area contributed by atoms with Crippen molar-refractivity contribution in [2.75, 3.05) is 13.7 Å². The summed E-state index contributed by atoms with van der Waals surface area (Å²) in [7, 11) is 1.63. The number of rotatable bonds is 5. The molecule has 0 radical (unpaired) electrons. The molecule has 1 fully saturated rings. The molecular weight excluding hydrogens is 430 g/mol. The molecule has 1 saturated heterocycles. The van der Waals surface area contributed by atoms with Crippen molar-refractivity contribution in [3.05, 3.63) is 82.0 Å². The molecule has 3 aromatic rings. The molecule has 1 aliphatic rings. The van der Waals surface area contributed by atoms with Gasteiger partial charge in [-0.15, -0.1) is 0 Å². The van der Waals surface area contributed by atoms with Gasteiger partial charge in [-0.25, -0.2) is 4.99 Å². The Bertz CT molecular complexity index is 1180. The molecule has 0 unspecified atom stereocenters. The standard InChI is InChI=1S/C24H22ClN3O2S/c1-4-27-23(29)22(31-24(27)26-17-8-11-20(30-3)12-9-17)15-18-6-5-13-28(18)19-10-7-16(2)21(25)14-19/h5-15H,4H2,1-3H3/b22-15-,26-24?. The van der Waals surface area contributed by atoms with Crippen molar-refractivity contribution < 1.29 is 9.53 Å². The van der Waals surface area contributed by atoms with Crippen molar-refractivity contribution in [1.82, 2.24) is 9.47 Å². The molecule has 1 aromatic heterocycles. The summed E-state index contributed by atoms with van der Waals surface area (Å²) in [4.78, 5) is 20.0. The van der Waals surface area contributed by atoms with Gasteiger partial charge in [-0.3, -0.25) is 9.69 Å². The van der Waals surface area contributed by atoms with Crippen LogP contribution in [0.25, 0.3) is 11.8 Å². The fourth-order valence-corrected chi connectivity index (χ4v) is 4.47. The number of amides is 1. The number of ether oxygens (including phenoxy) is 1. The number of aryl methyl sites for hydroxylation is 1. The lowest BCUT2D eigenvalue weighted by Gasteiger charge is -2.12. The first-order chi connectivity index (χ1) is 15.0. The molecular formula is C24H22ClN3O2S. The molecule has 0 atom stereocenters.